The molecule has 2 aromatic rings. The van der Waals surface area contributed by atoms with E-state index in [4.69, 9.17) is 25.8 Å². The highest BCUT2D eigenvalue weighted by atomic mass is 35.5. The van der Waals surface area contributed by atoms with E-state index < -0.39 is 12.0 Å². The van der Waals surface area contributed by atoms with Crippen molar-refractivity contribution in [3.05, 3.63) is 69.9 Å². The van der Waals surface area contributed by atoms with Crippen molar-refractivity contribution in [2.24, 2.45) is 0 Å². The van der Waals surface area contributed by atoms with Crippen molar-refractivity contribution in [1.29, 1.82) is 0 Å². The number of hydrogen-bond acceptors (Lipinski definition) is 5. The van der Waals surface area contributed by atoms with Gasteiger partial charge in [0, 0.05) is 10.7 Å². The van der Waals surface area contributed by atoms with Crippen LogP contribution in [0.3, 0.4) is 0 Å². The van der Waals surface area contributed by atoms with Gasteiger partial charge in [-0.2, -0.15) is 0 Å². The molecule has 0 spiro atoms. The summed E-state index contributed by atoms with van der Waals surface area (Å²) in [6.45, 7) is 1.91. The maximum Gasteiger partial charge on any atom is 0.338 e. The number of allylic oxidation sites excluding steroid dienone is 1. The standard InChI is InChI=1S/C20H17ClN2O5/c1-11-17(18(23-20(25)22-11)13-3-5-14(21)6-4-13)19(24)26-9-12-2-7-15-16(8-12)28-10-27-15/h2-8,18H,9-10H2,1H3,(H2,22,23,25)/t18-/m0/s1. The molecule has 2 aliphatic heterocycles. The van der Waals surface area contributed by atoms with Gasteiger partial charge in [0.1, 0.15) is 6.61 Å². The van der Waals surface area contributed by atoms with Gasteiger partial charge in [0.15, 0.2) is 11.5 Å². The fourth-order valence-electron chi connectivity index (χ4n) is 3.13. The summed E-state index contributed by atoms with van der Waals surface area (Å²) in [5.41, 5.74) is 2.28. The highest BCUT2D eigenvalue weighted by molar-refractivity contribution is 6.30. The molecule has 2 aromatic carbocycles. The predicted molar refractivity (Wildman–Crippen MR) is 101 cm³/mol. The van der Waals surface area contributed by atoms with Crippen molar-refractivity contribution in [3.8, 4) is 11.5 Å². The minimum Gasteiger partial charge on any atom is -0.457 e. The van der Waals surface area contributed by atoms with Gasteiger partial charge in [0.25, 0.3) is 0 Å². The molecule has 0 radical (unpaired) electrons. The summed E-state index contributed by atoms with van der Waals surface area (Å²) in [5.74, 6) is 0.757. The fraction of sp³-hybridized carbons (Fsp3) is 0.200. The zero-order valence-electron chi connectivity index (χ0n) is 15.0. The van der Waals surface area contributed by atoms with Crippen molar-refractivity contribution in [2.45, 2.75) is 19.6 Å². The number of rotatable bonds is 4. The van der Waals surface area contributed by atoms with Crippen LogP contribution in [-0.4, -0.2) is 18.8 Å². The summed E-state index contributed by atoms with van der Waals surface area (Å²) in [7, 11) is 0. The number of benzene rings is 2. The third-order valence-electron chi connectivity index (χ3n) is 4.50. The molecule has 0 fully saturated rings. The van der Waals surface area contributed by atoms with E-state index in [0.29, 0.717) is 27.8 Å². The first-order valence-electron chi connectivity index (χ1n) is 8.60. The topological polar surface area (TPSA) is 85.9 Å². The number of ether oxygens (including phenoxy) is 3. The molecule has 28 heavy (non-hydrogen) atoms. The number of esters is 1. The number of urea groups is 1. The molecule has 2 amide bonds. The van der Waals surface area contributed by atoms with E-state index >= 15 is 0 Å². The van der Waals surface area contributed by atoms with Gasteiger partial charge in [-0.15, -0.1) is 0 Å². The van der Waals surface area contributed by atoms with Crippen LogP contribution < -0.4 is 20.1 Å². The molecule has 1 atom stereocenters. The van der Waals surface area contributed by atoms with Crippen LogP contribution in [0.5, 0.6) is 11.5 Å². The molecule has 7 nitrogen and oxygen atoms in total. The Labute approximate surface area is 166 Å². The van der Waals surface area contributed by atoms with Gasteiger partial charge in [-0.1, -0.05) is 29.8 Å². The van der Waals surface area contributed by atoms with E-state index in [2.05, 4.69) is 10.6 Å². The van der Waals surface area contributed by atoms with Crippen LogP contribution in [-0.2, 0) is 16.1 Å². The van der Waals surface area contributed by atoms with E-state index in [9.17, 15) is 9.59 Å². The molecule has 0 aromatic heterocycles. The van der Waals surface area contributed by atoms with Gasteiger partial charge in [-0.25, -0.2) is 9.59 Å². The summed E-state index contributed by atoms with van der Waals surface area (Å²) in [5, 5.41) is 5.94. The molecule has 0 unspecified atom stereocenters. The molecular weight excluding hydrogens is 384 g/mol. The zero-order chi connectivity index (χ0) is 19.7. The first kappa shape index (κ1) is 18.2. The van der Waals surface area contributed by atoms with Crippen LogP contribution in [0, 0.1) is 0 Å². The third-order valence-corrected chi connectivity index (χ3v) is 4.75. The summed E-state index contributed by atoms with van der Waals surface area (Å²) < 4.78 is 16.1. The molecule has 0 aliphatic carbocycles. The first-order valence-corrected chi connectivity index (χ1v) is 8.98. The van der Waals surface area contributed by atoms with Gasteiger partial charge >= 0.3 is 12.0 Å². The second kappa shape index (κ2) is 7.44. The number of carbonyl (C=O) groups excluding carboxylic acids is 2. The number of fused-ring (bicyclic) bond motifs is 1. The maximum absolute atomic E-state index is 12.8. The highest BCUT2D eigenvalue weighted by Gasteiger charge is 2.32. The Kier molecular flexibility index (Phi) is 4.83. The van der Waals surface area contributed by atoms with Gasteiger partial charge in [0.2, 0.25) is 6.79 Å². The van der Waals surface area contributed by atoms with Gasteiger partial charge < -0.3 is 24.8 Å². The van der Waals surface area contributed by atoms with Crippen LogP contribution in [0.4, 0.5) is 4.79 Å². The Morgan fingerprint density at radius 1 is 1.18 bits per heavy atom. The quantitative estimate of drug-likeness (QED) is 0.768. The normalized spacial score (nSPS) is 17.8. The smallest absolute Gasteiger partial charge is 0.338 e. The van der Waals surface area contributed by atoms with E-state index in [-0.39, 0.29) is 19.4 Å². The number of hydrogen-bond donors (Lipinski definition) is 2. The number of carbonyl (C=O) groups is 2. The van der Waals surface area contributed by atoms with E-state index in [0.717, 1.165) is 11.1 Å². The number of halogens is 1. The molecule has 0 saturated carbocycles. The lowest BCUT2D eigenvalue weighted by Crippen LogP contribution is -2.45. The molecule has 2 N–H and O–H groups in total. The first-order chi connectivity index (χ1) is 13.5. The summed E-state index contributed by atoms with van der Waals surface area (Å²) >= 11 is 5.94. The maximum atomic E-state index is 12.8. The van der Waals surface area contributed by atoms with Crippen LogP contribution in [0.15, 0.2) is 53.7 Å². The largest absolute Gasteiger partial charge is 0.457 e. The van der Waals surface area contributed by atoms with Gasteiger partial charge in [-0.3, -0.25) is 0 Å². The Bertz CT molecular complexity index is 971. The Morgan fingerprint density at radius 3 is 2.71 bits per heavy atom. The SMILES string of the molecule is CC1=C(C(=O)OCc2ccc3c(c2)OCO3)[C@H](c2ccc(Cl)cc2)NC(=O)N1. The molecule has 4 rings (SSSR count). The molecular formula is C20H17ClN2O5. The lowest BCUT2D eigenvalue weighted by Gasteiger charge is -2.28. The molecule has 2 heterocycles. The second-order valence-electron chi connectivity index (χ2n) is 6.39. The average Bonchev–Trinajstić information content (AvgIpc) is 3.14. The van der Waals surface area contributed by atoms with Crippen molar-refractivity contribution in [1.82, 2.24) is 10.6 Å². The fourth-order valence-corrected chi connectivity index (χ4v) is 3.25. The molecule has 0 bridgehead atoms. The molecule has 0 saturated heterocycles. The lowest BCUT2D eigenvalue weighted by molar-refractivity contribution is -0.140. The van der Waals surface area contributed by atoms with Crippen LogP contribution in [0.2, 0.25) is 5.02 Å². The minimum absolute atomic E-state index is 0.0630. The highest BCUT2D eigenvalue weighted by Crippen LogP contribution is 2.33. The van der Waals surface area contributed by atoms with Gasteiger partial charge in [0.05, 0.1) is 11.6 Å². The van der Waals surface area contributed by atoms with Crippen molar-refractivity contribution in [2.75, 3.05) is 6.79 Å². The van der Waals surface area contributed by atoms with Crippen molar-refractivity contribution >= 4 is 23.6 Å². The van der Waals surface area contributed by atoms with Gasteiger partial charge in [-0.05, 0) is 42.3 Å². The van der Waals surface area contributed by atoms with E-state index in [1.54, 1.807) is 49.4 Å². The number of amides is 2. The molecule has 8 heteroatoms. The Morgan fingerprint density at radius 2 is 1.93 bits per heavy atom. The minimum atomic E-state index is -0.629. The lowest BCUT2D eigenvalue weighted by atomic mass is 9.95. The van der Waals surface area contributed by atoms with Crippen LogP contribution >= 0.6 is 11.6 Å². The zero-order valence-corrected chi connectivity index (χ0v) is 15.7. The van der Waals surface area contributed by atoms with Crippen LogP contribution in [0.25, 0.3) is 0 Å². The summed E-state index contributed by atoms with van der Waals surface area (Å²) in [6.07, 6.45) is 0. The van der Waals surface area contributed by atoms with Crippen molar-refractivity contribution < 1.29 is 23.8 Å². The summed E-state index contributed by atoms with van der Waals surface area (Å²) in [4.78, 5) is 24.7. The van der Waals surface area contributed by atoms with Crippen LogP contribution in [0.1, 0.15) is 24.1 Å². The Hall–Kier alpha value is -3.19. The average molecular weight is 401 g/mol. The Balaban J connectivity index is 1.54. The predicted octanol–water partition coefficient (Wildman–Crippen LogP) is 3.44. The van der Waals surface area contributed by atoms with E-state index in [1.807, 2.05) is 0 Å². The third kappa shape index (κ3) is 3.61. The second-order valence-corrected chi connectivity index (χ2v) is 6.82. The van der Waals surface area contributed by atoms with Crippen molar-refractivity contribution in [3.63, 3.8) is 0 Å². The summed E-state index contributed by atoms with van der Waals surface area (Å²) in [6, 6.07) is 11.3. The molecule has 144 valence electrons. The van der Waals surface area contributed by atoms with E-state index in [1.165, 1.54) is 0 Å². The molecule has 2 aliphatic rings. The monoisotopic (exact) mass is 400 g/mol. The number of nitrogens with one attached hydrogen (secondary N) is 2.